The van der Waals surface area contributed by atoms with E-state index in [2.05, 4.69) is 24.0 Å². The predicted molar refractivity (Wildman–Crippen MR) is 91.1 cm³/mol. The van der Waals surface area contributed by atoms with E-state index in [1.165, 1.54) is 48.9 Å². The summed E-state index contributed by atoms with van der Waals surface area (Å²) in [6.45, 7) is 3.52. The van der Waals surface area contributed by atoms with Crippen LogP contribution in [0.2, 0.25) is 0 Å². The molecule has 2 saturated heterocycles. The zero-order chi connectivity index (χ0) is 15.6. The number of furan rings is 1. The van der Waals surface area contributed by atoms with Crippen molar-refractivity contribution in [2.75, 3.05) is 13.7 Å². The van der Waals surface area contributed by atoms with Gasteiger partial charge in [0.05, 0.1) is 7.11 Å². The van der Waals surface area contributed by atoms with Gasteiger partial charge in [-0.15, -0.1) is 0 Å². The normalized spacial score (nSPS) is 34.6. The van der Waals surface area contributed by atoms with E-state index in [0.717, 1.165) is 35.8 Å². The summed E-state index contributed by atoms with van der Waals surface area (Å²) in [7, 11) is 1.74. The van der Waals surface area contributed by atoms with E-state index in [-0.39, 0.29) is 0 Å². The lowest BCUT2D eigenvalue weighted by Gasteiger charge is -2.27. The first kappa shape index (κ1) is 13.9. The van der Waals surface area contributed by atoms with Gasteiger partial charge in [0.15, 0.2) is 0 Å². The maximum atomic E-state index is 6.40. The van der Waals surface area contributed by atoms with Crippen molar-refractivity contribution in [3.8, 4) is 5.75 Å². The third-order valence-electron chi connectivity index (χ3n) is 6.49. The number of fused-ring (bicyclic) bond motifs is 4. The molecule has 122 valence electrons. The minimum atomic E-state index is 0.612. The van der Waals surface area contributed by atoms with Crippen LogP contribution < -0.4 is 4.74 Å². The molecule has 5 rings (SSSR count). The Balaban J connectivity index is 1.61. The van der Waals surface area contributed by atoms with Crippen molar-refractivity contribution in [1.29, 1.82) is 0 Å². The highest BCUT2D eigenvalue weighted by atomic mass is 16.5. The molecule has 5 unspecified atom stereocenters. The smallest absolute Gasteiger partial charge is 0.134 e. The SMILES string of the molecule is CCCC1CC2CC3c4oc5ccc(OC)cc5c4CCN2C13. The number of hydrogen-bond donors (Lipinski definition) is 0. The summed E-state index contributed by atoms with van der Waals surface area (Å²) in [6.07, 6.45) is 6.52. The highest BCUT2D eigenvalue weighted by Crippen LogP contribution is 2.54. The van der Waals surface area contributed by atoms with Crippen molar-refractivity contribution in [2.45, 2.75) is 57.0 Å². The van der Waals surface area contributed by atoms with Gasteiger partial charge in [-0.1, -0.05) is 13.3 Å². The second kappa shape index (κ2) is 5.01. The van der Waals surface area contributed by atoms with Gasteiger partial charge in [-0.25, -0.2) is 0 Å². The molecule has 1 aromatic heterocycles. The maximum absolute atomic E-state index is 6.40. The standard InChI is InChI=1S/C20H25NO2/c1-3-4-12-9-13-10-17-19(12)21(13)8-7-15-16-11-14(22-2)5-6-18(16)23-20(15)17/h5-6,11-13,17,19H,3-4,7-10H2,1-2H3. The van der Waals surface area contributed by atoms with Crippen LogP contribution in [0.3, 0.4) is 0 Å². The monoisotopic (exact) mass is 311 g/mol. The van der Waals surface area contributed by atoms with Crippen LogP contribution in [0.15, 0.2) is 22.6 Å². The van der Waals surface area contributed by atoms with Gasteiger partial charge in [-0.3, -0.25) is 4.90 Å². The number of hydrogen-bond acceptors (Lipinski definition) is 3. The first-order valence-electron chi connectivity index (χ1n) is 9.15. The first-order valence-corrected chi connectivity index (χ1v) is 9.15. The zero-order valence-electron chi connectivity index (χ0n) is 14.0. The number of benzene rings is 1. The van der Waals surface area contributed by atoms with Crippen molar-refractivity contribution in [2.24, 2.45) is 5.92 Å². The van der Waals surface area contributed by atoms with E-state index in [1.807, 2.05) is 6.07 Å². The fraction of sp³-hybridized carbons (Fsp3) is 0.600. The lowest BCUT2D eigenvalue weighted by Crippen LogP contribution is -2.33. The van der Waals surface area contributed by atoms with Crippen molar-refractivity contribution in [3.05, 3.63) is 29.5 Å². The van der Waals surface area contributed by atoms with Crippen LogP contribution in [-0.4, -0.2) is 30.6 Å². The molecule has 2 fully saturated rings. The van der Waals surface area contributed by atoms with E-state index < -0.39 is 0 Å². The molecule has 0 spiro atoms. The largest absolute Gasteiger partial charge is 0.497 e. The van der Waals surface area contributed by atoms with Gasteiger partial charge in [0, 0.05) is 35.5 Å². The molecule has 23 heavy (non-hydrogen) atoms. The average molecular weight is 311 g/mol. The molecule has 3 aliphatic rings. The molecule has 5 atom stereocenters. The highest BCUT2D eigenvalue weighted by Gasteiger charge is 2.54. The van der Waals surface area contributed by atoms with Crippen LogP contribution in [0.1, 0.15) is 49.8 Å². The van der Waals surface area contributed by atoms with E-state index in [0.29, 0.717) is 5.92 Å². The highest BCUT2D eigenvalue weighted by molar-refractivity contribution is 5.84. The average Bonchev–Trinajstić information content (AvgIpc) is 3.16. The molecular weight excluding hydrogens is 286 g/mol. The molecule has 4 bridgehead atoms. The molecule has 0 N–H and O–H groups in total. The third-order valence-corrected chi connectivity index (χ3v) is 6.49. The Morgan fingerprint density at radius 3 is 3.04 bits per heavy atom. The topological polar surface area (TPSA) is 25.6 Å². The molecular formula is C20H25NO2. The van der Waals surface area contributed by atoms with E-state index >= 15 is 0 Å². The summed E-state index contributed by atoms with van der Waals surface area (Å²) in [5.41, 5.74) is 2.49. The van der Waals surface area contributed by atoms with Gasteiger partial charge in [0.2, 0.25) is 0 Å². The van der Waals surface area contributed by atoms with Crippen LogP contribution in [0.5, 0.6) is 5.75 Å². The lowest BCUT2D eigenvalue weighted by atomic mass is 9.77. The first-order chi connectivity index (χ1) is 11.3. The second-order valence-corrected chi connectivity index (χ2v) is 7.57. The third kappa shape index (κ3) is 1.86. The fourth-order valence-corrected chi connectivity index (χ4v) is 5.69. The van der Waals surface area contributed by atoms with Gasteiger partial charge in [0.25, 0.3) is 0 Å². The molecule has 3 nitrogen and oxygen atoms in total. The van der Waals surface area contributed by atoms with Crippen molar-refractivity contribution in [3.63, 3.8) is 0 Å². The van der Waals surface area contributed by atoms with Gasteiger partial charge >= 0.3 is 0 Å². The summed E-state index contributed by atoms with van der Waals surface area (Å²) in [4.78, 5) is 2.81. The summed E-state index contributed by atoms with van der Waals surface area (Å²) in [5, 5.41) is 1.27. The van der Waals surface area contributed by atoms with E-state index in [9.17, 15) is 0 Å². The van der Waals surface area contributed by atoms with Crippen LogP contribution in [0.4, 0.5) is 0 Å². The number of methoxy groups -OCH3 is 1. The minimum Gasteiger partial charge on any atom is -0.497 e. The Bertz CT molecular complexity index is 749. The molecule has 3 heteroatoms. The van der Waals surface area contributed by atoms with Gasteiger partial charge < -0.3 is 9.15 Å². The maximum Gasteiger partial charge on any atom is 0.134 e. The molecule has 0 amide bonds. The summed E-state index contributed by atoms with van der Waals surface area (Å²) >= 11 is 0. The molecule has 0 aliphatic carbocycles. The van der Waals surface area contributed by atoms with E-state index in [4.69, 9.17) is 9.15 Å². The van der Waals surface area contributed by atoms with Crippen LogP contribution in [0, 0.1) is 5.92 Å². The molecule has 0 saturated carbocycles. The molecule has 3 aliphatic heterocycles. The van der Waals surface area contributed by atoms with Crippen molar-refractivity contribution in [1.82, 2.24) is 4.90 Å². The molecule has 4 heterocycles. The number of rotatable bonds is 3. The molecule has 1 aromatic carbocycles. The van der Waals surface area contributed by atoms with Crippen LogP contribution in [0.25, 0.3) is 11.0 Å². The predicted octanol–water partition coefficient (Wildman–Crippen LogP) is 4.34. The second-order valence-electron chi connectivity index (χ2n) is 7.57. The zero-order valence-corrected chi connectivity index (χ0v) is 14.0. The Hall–Kier alpha value is -1.48. The van der Waals surface area contributed by atoms with Gasteiger partial charge in [0.1, 0.15) is 17.1 Å². The Labute approximate surface area is 137 Å². The van der Waals surface area contributed by atoms with E-state index in [1.54, 1.807) is 7.11 Å². The minimum absolute atomic E-state index is 0.612. The quantitative estimate of drug-likeness (QED) is 0.843. The number of nitrogens with zero attached hydrogens (tertiary/aromatic N) is 1. The summed E-state index contributed by atoms with van der Waals surface area (Å²) < 4.78 is 11.8. The molecule has 2 aromatic rings. The Morgan fingerprint density at radius 2 is 2.22 bits per heavy atom. The number of ether oxygens (including phenoxy) is 1. The Kier molecular flexibility index (Phi) is 3.03. The van der Waals surface area contributed by atoms with Crippen molar-refractivity contribution >= 4 is 11.0 Å². The van der Waals surface area contributed by atoms with Crippen LogP contribution in [-0.2, 0) is 6.42 Å². The van der Waals surface area contributed by atoms with Gasteiger partial charge in [-0.05, 0) is 49.8 Å². The van der Waals surface area contributed by atoms with Gasteiger partial charge in [-0.2, -0.15) is 0 Å². The summed E-state index contributed by atoms with van der Waals surface area (Å²) in [5.74, 6) is 3.71. The lowest BCUT2D eigenvalue weighted by molar-refractivity contribution is 0.227. The Morgan fingerprint density at radius 1 is 1.30 bits per heavy atom. The fourth-order valence-electron chi connectivity index (χ4n) is 5.69. The van der Waals surface area contributed by atoms with Crippen molar-refractivity contribution < 1.29 is 9.15 Å². The summed E-state index contributed by atoms with van der Waals surface area (Å²) in [6, 6.07) is 7.78. The molecule has 0 radical (unpaired) electrons. The van der Waals surface area contributed by atoms with Crippen LogP contribution >= 0.6 is 0 Å².